The Hall–Kier alpha value is -1.99. The molecule has 4 heteroatoms. The Kier molecular flexibility index (Phi) is 3.85. The van der Waals surface area contributed by atoms with Crippen molar-refractivity contribution in [3.8, 4) is 18.1 Å². The van der Waals surface area contributed by atoms with E-state index in [4.69, 9.17) is 16.9 Å². The minimum atomic E-state index is -0.217. The van der Waals surface area contributed by atoms with Gasteiger partial charge in [0.25, 0.3) is 5.91 Å². The first kappa shape index (κ1) is 12.5. The van der Waals surface area contributed by atoms with Gasteiger partial charge in [-0.2, -0.15) is 0 Å². The third-order valence-corrected chi connectivity index (χ3v) is 3.00. The van der Waals surface area contributed by atoms with Gasteiger partial charge in [0, 0.05) is 6.04 Å². The summed E-state index contributed by atoms with van der Waals surface area (Å²) >= 11 is 0. The van der Waals surface area contributed by atoms with E-state index in [1.54, 1.807) is 0 Å². The monoisotopic (exact) mass is 244 g/mol. The lowest BCUT2D eigenvalue weighted by molar-refractivity contribution is -0.122. The van der Waals surface area contributed by atoms with Crippen LogP contribution < -0.4 is 15.8 Å². The van der Waals surface area contributed by atoms with E-state index >= 15 is 0 Å². The summed E-state index contributed by atoms with van der Waals surface area (Å²) in [6.07, 6.45) is 6.98. The van der Waals surface area contributed by atoms with Crippen molar-refractivity contribution < 1.29 is 9.53 Å². The van der Waals surface area contributed by atoms with Crippen molar-refractivity contribution >= 4 is 5.91 Å². The Labute approximate surface area is 107 Å². The zero-order valence-electron chi connectivity index (χ0n) is 10.1. The van der Waals surface area contributed by atoms with E-state index in [9.17, 15) is 4.79 Å². The molecule has 1 aromatic rings. The number of hydrogen-bond acceptors (Lipinski definition) is 3. The van der Waals surface area contributed by atoms with Gasteiger partial charge in [0.2, 0.25) is 0 Å². The largest absolute Gasteiger partial charge is 0.484 e. The molecule has 2 rings (SSSR count). The summed E-state index contributed by atoms with van der Waals surface area (Å²) in [5.74, 6) is 2.81. The van der Waals surface area contributed by atoms with Crippen molar-refractivity contribution in [3.63, 3.8) is 0 Å². The summed E-state index contributed by atoms with van der Waals surface area (Å²) in [6, 6.07) is 5.91. The van der Waals surface area contributed by atoms with Gasteiger partial charge in [-0.05, 0) is 36.1 Å². The SMILES string of the molecule is C#CCNC(=O)COc1ccc2c(c1)CCC2N. The third-order valence-electron chi connectivity index (χ3n) is 3.00. The van der Waals surface area contributed by atoms with E-state index in [0.717, 1.165) is 12.8 Å². The summed E-state index contributed by atoms with van der Waals surface area (Å²) in [7, 11) is 0. The zero-order chi connectivity index (χ0) is 13.0. The minimum absolute atomic E-state index is 0.0213. The second kappa shape index (κ2) is 5.56. The second-order valence-electron chi connectivity index (χ2n) is 4.28. The highest BCUT2D eigenvalue weighted by molar-refractivity contribution is 5.77. The number of rotatable bonds is 4. The number of amides is 1. The number of carbonyl (C=O) groups is 1. The van der Waals surface area contributed by atoms with Gasteiger partial charge >= 0.3 is 0 Å². The fourth-order valence-electron chi connectivity index (χ4n) is 2.07. The van der Waals surface area contributed by atoms with Crippen LogP contribution in [0.4, 0.5) is 0 Å². The Morgan fingerprint density at radius 1 is 1.61 bits per heavy atom. The number of benzene rings is 1. The van der Waals surface area contributed by atoms with Crippen LogP contribution in [0.15, 0.2) is 18.2 Å². The minimum Gasteiger partial charge on any atom is -0.484 e. The molecule has 1 aliphatic carbocycles. The van der Waals surface area contributed by atoms with E-state index in [2.05, 4.69) is 11.2 Å². The molecular weight excluding hydrogens is 228 g/mol. The summed E-state index contributed by atoms with van der Waals surface area (Å²) < 4.78 is 5.40. The molecule has 0 aliphatic heterocycles. The molecule has 0 spiro atoms. The molecule has 1 aliphatic rings. The average Bonchev–Trinajstić information content (AvgIpc) is 2.75. The molecule has 0 heterocycles. The van der Waals surface area contributed by atoms with Crippen molar-refractivity contribution in [1.29, 1.82) is 0 Å². The van der Waals surface area contributed by atoms with Gasteiger partial charge in [0.1, 0.15) is 5.75 Å². The molecule has 0 bridgehead atoms. The lowest BCUT2D eigenvalue weighted by atomic mass is 10.1. The highest BCUT2D eigenvalue weighted by atomic mass is 16.5. The quantitative estimate of drug-likeness (QED) is 0.769. The maximum absolute atomic E-state index is 11.3. The van der Waals surface area contributed by atoms with Crippen molar-refractivity contribution in [1.82, 2.24) is 5.32 Å². The summed E-state index contributed by atoms with van der Waals surface area (Å²) in [6.45, 7) is 0.202. The highest BCUT2D eigenvalue weighted by Crippen LogP contribution is 2.31. The molecule has 0 fully saturated rings. The molecule has 1 aromatic carbocycles. The van der Waals surface area contributed by atoms with Crippen LogP contribution in [0.25, 0.3) is 0 Å². The Morgan fingerprint density at radius 2 is 2.44 bits per heavy atom. The van der Waals surface area contributed by atoms with Crippen LogP contribution >= 0.6 is 0 Å². The van der Waals surface area contributed by atoms with E-state index in [1.165, 1.54) is 11.1 Å². The smallest absolute Gasteiger partial charge is 0.258 e. The molecule has 0 saturated heterocycles. The lowest BCUT2D eigenvalue weighted by Gasteiger charge is -2.09. The second-order valence-corrected chi connectivity index (χ2v) is 4.28. The van der Waals surface area contributed by atoms with Crippen LogP contribution in [-0.2, 0) is 11.2 Å². The van der Waals surface area contributed by atoms with E-state index in [1.807, 2.05) is 18.2 Å². The van der Waals surface area contributed by atoms with E-state index in [0.29, 0.717) is 5.75 Å². The summed E-state index contributed by atoms with van der Waals surface area (Å²) in [5, 5.41) is 2.54. The molecule has 1 unspecified atom stereocenters. The molecule has 1 amide bonds. The van der Waals surface area contributed by atoms with Gasteiger partial charge in [0.15, 0.2) is 6.61 Å². The van der Waals surface area contributed by atoms with Gasteiger partial charge in [-0.1, -0.05) is 12.0 Å². The Morgan fingerprint density at radius 3 is 3.22 bits per heavy atom. The molecule has 0 aromatic heterocycles. The summed E-state index contributed by atoms with van der Waals surface area (Å²) in [5.41, 5.74) is 8.34. The van der Waals surface area contributed by atoms with Crippen molar-refractivity contribution in [2.24, 2.45) is 5.73 Å². The molecule has 0 saturated carbocycles. The van der Waals surface area contributed by atoms with Gasteiger partial charge < -0.3 is 15.8 Å². The molecule has 4 nitrogen and oxygen atoms in total. The third kappa shape index (κ3) is 2.82. The first-order valence-electron chi connectivity index (χ1n) is 5.92. The van der Waals surface area contributed by atoms with E-state index < -0.39 is 0 Å². The highest BCUT2D eigenvalue weighted by Gasteiger charge is 2.19. The first-order valence-corrected chi connectivity index (χ1v) is 5.92. The van der Waals surface area contributed by atoms with Crippen LogP contribution in [-0.4, -0.2) is 19.1 Å². The van der Waals surface area contributed by atoms with Crippen molar-refractivity contribution in [3.05, 3.63) is 29.3 Å². The van der Waals surface area contributed by atoms with Crippen LogP contribution in [0.3, 0.4) is 0 Å². The van der Waals surface area contributed by atoms with Crippen LogP contribution in [0.5, 0.6) is 5.75 Å². The molecular formula is C14H16N2O2. The molecule has 94 valence electrons. The maximum atomic E-state index is 11.3. The first-order chi connectivity index (χ1) is 8.70. The fraction of sp³-hybridized carbons (Fsp3) is 0.357. The fourth-order valence-corrected chi connectivity index (χ4v) is 2.07. The molecule has 18 heavy (non-hydrogen) atoms. The maximum Gasteiger partial charge on any atom is 0.258 e. The lowest BCUT2D eigenvalue weighted by Crippen LogP contribution is -2.29. The van der Waals surface area contributed by atoms with Gasteiger partial charge in [-0.3, -0.25) is 4.79 Å². The van der Waals surface area contributed by atoms with Crippen LogP contribution in [0, 0.1) is 12.3 Å². The Balaban J connectivity index is 1.91. The van der Waals surface area contributed by atoms with Gasteiger partial charge in [-0.25, -0.2) is 0 Å². The molecule has 3 N–H and O–H groups in total. The standard InChI is InChI=1S/C14H16N2O2/c1-2-7-16-14(17)9-18-11-4-5-12-10(8-11)3-6-13(12)15/h1,4-5,8,13H,3,6-7,9,15H2,(H,16,17). The van der Waals surface area contributed by atoms with Gasteiger partial charge in [0.05, 0.1) is 6.54 Å². The number of nitrogens with one attached hydrogen (secondary N) is 1. The van der Waals surface area contributed by atoms with Crippen molar-refractivity contribution in [2.45, 2.75) is 18.9 Å². The Bertz CT molecular complexity index is 491. The number of fused-ring (bicyclic) bond motifs is 1. The number of carbonyl (C=O) groups excluding carboxylic acids is 1. The van der Waals surface area contributed by atoms with Crippen molar-refractivity contribution in [2.75, 3.05) is 13.2 Å². The van der Waals surface area contributed by atoms with Crippen LogP contribution in [0.1, 0.15) is 23.6 Å². The predicted octanol–water partition coefficient (Wildman–Crippen LogP) is 0.761. The average molecular weight is 244 g/mol. The van der Waals surface area contributed by atoms with Crippen LogP contribution in [0.2, 0.25) is 0 Å². The number of ether oxygens (including phenoxy) is 1. The molecule has 1 atom stereocenters. The number of nitrogens with two attached hydrogens (primary N) is 1. The zero-order valence-corrected chi connectivity index (χ0v) is 10.1. The number of terminal acetylenes is 1. The predicted molar refractivity (Wildman–Crippen MR) is 69.0 cm³/mol. The summed E-state index contributed by atoms with van der Waals surface area (Å²) in [4.78, 5) is 11.3. The van der Waals surface area contributed by atoms with E-state index in [-0.39, 0.29) is 25.1 Å². The topological polar surface area (TPSA) is 64.3 Å². The normalized spacial score (nSPS) is 16.8. The number of aryl methyl sites for hydroxylation is 1. The number of hydrogen-bond donors (Lipinski definition) is 2. The van der Waals surface area contributed by atoms with Gasteiger partial charge in [-0.15, -0.1) is 6.42 Å². The molecule has 0 radical (unpaired) electrons.